The number of benzene rings is 1. The van der Waals surface area contributed by atoms with Crippen molar-refractivity contribution in [2.24, 2.45) is 0 Å². The molecule has 0 amide bonds. The van der Waals surface area contributed by atoms with E-state index in [-0.39, 0.29) is 12.1 Å². The number of anilines is 1. The van der Waals surface area contributed by atoms with Crippen LogP contribution in [0.4, 0.5) is 14.6 Å². The summed E-state index contributed by atoms with van der Waals surface area (Å²) in [5, 5.41) is 3.29. The van der Waals surface area contributed by atoms with Crippen LogP contribution in [0.25, 0.3) is 11.0 Å². The van der Waals surface area contributed by atoms with E-state index in [1.807, 2.05) is 17.7 Å². The monoisotopic (exact) mass is 345 g/mol. The largest absolute Gasteiger partial charge is 0.368 e. The van der Waals surface area contributed by atoms with Crippen molar-refractivity contribution < 1.29 is 13.5 Å². The number of ether oxygens (including phenoxy) is 1. The average molecular weight is 345 g/mol. The Morgan fingerprint density at radius 3 is 2.84 bits per heavy atom. The van der Waals surface area contributed by atoms with E-state index >= 15 is 0 Å². The van der Waals surface area contributed by atoms with E-state index in [9.17, 15) is 8.78 Å². The molecule has 1 saturated heterocycles. The predicted molar refractivity (Wildman–Crippen MR) is 88.1 cm³/mol. The fourth-order valence-corrected chi connectivity index (χ4v) is 3.10. The van der Waals surface area contributed by atoms with E-state index in [2.05, 4.69) is 20.3 Å². The van der Waals surface area contributed by atoms with Gasteiger partial charge in [-0.1, -0.05) is 0 Å². The Morgan fingerprint density at radius 2 is 2.04 bits per heavy atom. The Hall–Kier alpha value is -2.61. The molecule has 4 rings (SSSR count). The maximum atomic E-state index is 13.4. The second kappa shape index (κ2) is 6.36. The molecule has 0 bridgehead atoms. The summed E-state index contributed by atoms with van der Waals surface area (Å²) < 4.78 is 34.6. The molecule has 1 aliphatic heterocycles. The number of aromatic nitrogens is 4. The molecule has 6 nitrogen and oxygen atoms in total. The number of imidazole rings is 1. The molecule has 8 heteroatoms. The van der Waals surface area contributed by atoms with Crippen LogP contribution in [0.15, 0.2) is 30.7 Å². The Morgan fingerprint density at radius 1 is 1.24 bits per heavy atom. The van der Waals surface area contributed by atoms with Crippen LogP contribution in [0.3, 0.4) is 0 Å². The SMILES string of the molecule is CCn1ccnc1[C@H]1OCC[C@@H]1Nc1cnc2cc(F)c(F)cc2n1. The van der Waals surface area contributed by atoms with Crippen LogP contribution in [0.1, 0.15) is 25.3 Å². The minimum atomic E-state index is -0.939. The van der Waals surface area contributed by atoms with Gasteiger partial charge in [0.1, 0.15) is 17.7 Å². The van der Waals surface area contributed by atoms with E-state index < -0.39 is 11.6 Å². The van der Waals surface area contributed by atoms with Gasteiger partial charge < -0.3 is 14.6 Å². The molecule has 1 N–H and O–H groups in total. The Labute approximate surface area is 142 Å². The second-order valence-electron chi connectivity index (χ2n) is 5.91. The number of fused-ring (bicyclic) bond motifs is 1. The number of rotatable bonds is 4. The zero-order valence-corrected chi connectivity index (χ0v) is 13.6. The van der Waals surface area contributed by atoms with Gasteiger partial charge in [0.15, 0.2) is 11.6 Å². The van der Waals surface area contributed by atoms with Crippen molar-refractivity contribution >= 4 is 16.9 Å². The van der Waals surface area contributed by atoms with Crippen LogP contribution in [-0.2, 0) is 11.3 Å². The van der Waals surface area contributed by atoms with Crippen molar-refractivity contribution in [3.8, 4) is 0 Å². The molecule has 0 radical (unpaired) electrons. The first-order valence-corrected chi connectivity index (χ1v) is 8.16. The summed E-state index contributed by atoms with van der Waals surface area (Å²) in [7, 11) is 0. The van der Waals surface area contributed by atoms with Crippen LogP contribution in [0.5, 0.6) is 0 Å². The normalized spacial score (nSPS) is 20.3. The third kappa shape index (κ3) is 2.93. The van der Waals surface area contributed by atoms with Crippen LogP contribution in [0, 0.1) is 11.6 Å². The Kier molecular flexibility index (Phi) is 4.04. The third-order valence-electron chi connectivity index (χ3n) is 4.35. The van der Waals surface area contributed by atoms with Crippen molar-refractivity contribution in [3.05, 3.63) is 48.2 Å². The molecule has 0 spiro atoms. The minimum Gasteiger partial charge on any atom is -0.368 e. The lowest BCUT2D eigenvalue weighted by molar-refractivity contribution is 0.0976. The summed E-state index contributed by atoms with van der Waals surface area (Å²) in [4.78, 5) is 12.9. The van der Waals surface area contributed by atoms with Gasteiger partial charge in [0.05, 0.1) is 23.3 Å². The van der Waals surface area contributed by atoms with Gasteiger partial charge in [-0.05, 0) is 13.3 Å². The fourth-order valence-electron chi connectivity index (χ4n) is 3.10. The maximum Gasteiger partial charge on any atom is 0.161 e. The smallest absolute Gasteiger partial charge is 0.161 e. The van der Waals surface area contributed by atoms with Gasteiger partial charge in [-0.2, -0.15) is 0 Å². The van der Waals surface area contributed by atoms with E-state index in [0.717, 1.165) is 30.9 Å². The van der Waals surface area contributed by atoms with Crippen molar-refractivity contribution in [1.29, 1.82) is 0 Å². The predicted octanol–water partition coefficient (Wildman–Crippen LogP) is 3.07. The quantitative estimate of drug-likeness (QED) is 0.787. The van der Waals surface area contributed by atoms with Gasteiger partial charge >= 0.3 is 0 Å². The highest BCUT2D eigenvalue weighted by atomic mass is 19.2. The number of nitrogens with zero attached hydrogens (tertiary/aromatic N) is 4. The van der Waals surface area contributed by atoms with Crippen molar-refractivity contribution in [3.63, 3.8) is 0 Å². The van der Waals surface area contributed by atoms with Crippen LogP contribution in [0.2, 0.25) is 0 Å². The van der Waals surface area contributed by atoms with Gasteiger partial charge in [-0.15, -0.1) is 0 Å². The van der Waals surface area contributed by atoms with Gasteiger partial charge in [0.25, 0.3) is 0 Å². The summed E-state index contributed by atoms with van der Waals surface area (Å²) in [6, 6.07) is 2.07. The number of nitrogens with one attached hydrogen (secondary N) is 1. The fraction of sp³-hybridized carbons (Fsp3) is 0.353. The van der Waals surface area contributed by atoms with E-state index in [1.54, 1.807) is 6.20 Å². The Balaban J connectivity index is 1.60. The number of aryl methyl sites for hydroxylation is 1. The van der Waals surface area contributed by atoms with E-state index in [0.29, 0.717) is 23.5 Å². The van der Waals surface area contributed by atoms with Crippen molar-refractivity contribution in [1.82, 2.24) is 19.5 Å². The molecule has 1 aliphatic rings. The first-order chi connectivity index (χ1) is 12.2. The molecular weight excluding hydrogens is 328 g/mol. The van der Waals surface area contributed by atoms with Gasteiger partial charge in [-0.25, -0.2) is 18.7 Å². The van der Waals surface area contributed by atoms with E-state index in [4.69, 9.17) is 4.74 Å². The van der Waals surface area contributed by atoms with E-state index in [1.165, 1.54) is 6.20 Å². The number of halogens is 2. The molecule has 2 aromatic heterocycles. The van der Waals surface area contributed by atoms with Gasteiger partial charge in [0, 0.05) is 37.7 Å². The van der Waals surface area contributed by atoms with Gasteiger partial charge in [0.2, 0.25) is 0 Å². The van der Waals surface area contributed by atoms with Crippen molar-refractivity contribution in [2.45, 2.75) is 32.0 Å². The standard InChI is InChI=1S/C17H17F2N5O/c1-2-24-5-4-20-17(24)16-12(3-6-25-16)22-15-9-21-13-7-10(18)11(19)8-14(13)23-15/h4-5,7-9,12,16H,2-3,6H2,1H3,(H,22,23)/t12-,16-/m0/s1. The molecule has 25 heavy (non-hydrogen) atoms. The third-order valence-corrected chi connectivity index (χ3v) is 4.35. The molecule has 3 heterocycles. The number of hydrogen-bond acceptors (Lipinski definition) is 5. The first kappa shape index (κ1) is 15.9. The molecule has 0 aliphatic carbocycles. The molecule has 1 fully saturated rings. The van der Waals surface area contributed by atoms with Crippen LogP contribution < -0.4 is 5.32 Å². The molecule has 3 aromatic rings. The summed E-state index contributed by atoms with van der Waals surface area (Å²) in [6.07, 6.45) is 5.78. The lowest BCUT2D eigenvalue weighted by atomic mass is 10.1. The highest BCUT2D eigenvalue weighted by Crippen LogP contribution is 2.30. The second-order valence-corrected chi connectivity index (χ2v) is 5.91. The first-order valence-electron chi connectivity index (χ1n) is 8.16. The lowest BCUT2D eigenvalue weighted by Gasteiger charge is -2.20. The summed E-state index contributed by atoms with van der Waals surface area (Å²) in [6.45, 7) is 3.47. The molecular formula is C17H17F2N5O. The number of hydrogen-bond donors (Lipinski definition) is 1. The summed E-state index contributed by atoms with van der Waals surface area (Å²) in [5.74, 6) is -0.517. The van der Waals surface area contributed by atoms with Gasteiger partial charge in [-0.3, -0.25) is 4.98 Å². The lowest BCUT2D eigenvalue weighted by Crippen LogP contribution is -2.26. The van der Waals surface area contributed by atoms with Crippen LogP contribution >= 0.6 is 0 Å². The zero-order valence-electron chi connectivity index (χ0n) is 13.6. The highest BCUT2D eigenvalue weighted by molar-refractivity contribution is 5.75. The topological polar surface area (TPSA) is 64.9 Å². The molecule has 1 aromatic carbocycles. The average Bonchev–Trinajstić information content (AvgIpc) is 3.24. The molecule has 130 valence electrons. The summed E-state index contributed by atoms with van der Waals surface area (Å²) in [5.41, 5.74) is 0.611. The molecule has 0 saturated carbocycles. The van der Waals surface area contributed by atoms with Crippen LogP contribution in [-0.4, -0.2) is 32.2 Å². The maximum absolute atomic E-state index is 13.4. The Bertz CT molecular complexity index is 913. The summed E-state index contributed by atoms with van der Waals surface area (Å²) >= 11 is 0. The highest BCUT2D eigenvalue weighted by Gasteiger charge is 2.33. The van der Waals surface area contributed by atoms with Crippen molar-refractivity contribution in [2.75, 3.05) is 11.9 Å². The zero-order chi connectivity index (χ0) is 17.4. The molecule has 2 atom stereocenters. The molecule has 0 unspecified atom stereocenters. The minimum absolute atomic E-state index is 0.0234.